The molecule has 0 saturated carbocycles. The monoisotopic (exact) mass is 285 g/mol. The standard InChI is InChI=1S/C13H20BrNO/c1-10(2)16-8-7-15-11(3)12-5-4-6-13(14)9-12/h4-6,9-11,15H,7-8H2,1-3H3/t11-/m1/s1. The third-order valence-corrected chi connectivity index (χ3v) is 2.85. The van der Waals surface area contributed by atoms with Gasteiger partial charge in [0, 0.05) is 17.1 Å². The van der Waals surface area contributed by atoms with E-state index in [1.54, 1.807) is 0 Å². The first-order valence-electron chi connectivity index (χ1n) is 5.70. The molecule has 1 atom stereocenters. The van der Waals surface area contributed by atoms with E-state index in [9.17, 15) is 0 Å². The van der Waals surface area contributed by atoms with Crippen molar-refractivity contribution in [2.75, 3.05) is 13.2 Å². The van der Waals surface area contributed by atoms with E-state index in [2.05, 4.69) is 60.2 Å². The van der Waals surface area contributed by atoms with Crippen LogP contribution in [0.1, 0.15) is 32.4 Å². The van der Waals surface area contributed by atoms with Gasteiger partial charge < -0.3 is 10.1 Å². The summed E-state index contributed by atoms with van der Waals surface area (Å²) in [6, 6.07) is 8.72. The molecule has 0 aromatic heterocycles. The number of hydrogen-bond donors (Lipinski definition) is 1. The second kappa shape index (κ2) is 7.05. The van der Waals surface area contributed by atoms with Gasteiger partial charge >= 0.3 is 0 Å². The molecule has 0 heterocycles. The Bertz CT molecular complexity index is 315. The van der Waals surface area contributed by atoms with E-state index in [1.807, 2.05) is 6.07 Å². The molecule has 0 amide bonds. The Morgan fingerprint density at radius 3 is 2.69 bits per heavy atom. The van der Waals surface area contributed by atoms with Gasteiger partial charge in [-0.1, -0.05) is 28.1 Å². The van der Waals surface area contributed by atoms with Gasteiger partial charge in [-0.05, 0) is 38.5 Å². The van der Waals surface area contributed by atoms with Crippen LogP contribution in [0.25, 0.3) is 0 Å². The summed E-state index contributed by atoms with van der Waals surface area (Å²) in [5.74, 6) is 0. The van der Waals surface area contributed by atoms with Crippen molar-refractivity contribution in [2.45, 2.75) is 32.9 Å². The van der Waals surface area contributed by atoms with E-state index >= 15 is 0 Å². The minimum atomic E-state index is 0.308. The first kappa shape index (κ1) is 13.7. The lowest BCUT2D eigenvalue weighted by Gasteiger charge is -2.15. The van der Waals surface area contributed by atoms with Crippen LogP contribution in [0.3, 0.4) is 0 Å². The molecule has 0 fully saturated rings. The first-order valence-corrected chi connectivity index (χ1v) is 6.49. The maximum Gasteiger partial charge on any atom is 0.0594 e. The normalized spacial score (nSPS) is 13.1. The fourth-order valence-electron chi connectivity index (χ4n) is 1.46. The van der Waals surface area contributed by atoms with Gasteiger partial charge in [0.15, 0.2) is 0 Å². The van der Waals surface area contributed by atoms with Gasteiger partial charge in [0.05, 0.1) is 12.7 Å². The second-order valence-corrected chi connectivity index (χ2v) is 5.07. The predicted octanol–water partition coefficient (Wildman–Crippen LogP) is 3.52. The summed E-state index contributed by atoms with van der Waals surface area (Å²) in [6.07, 6.45) is 0.308. The van der Waals surface area contributed by atoms with Gasteiger partial charge in [0.1, 0.15) is 0 Å². The molecule has 1 N–H and O–H groups in total. The molecule has 0 radical (unpaired) electrons. The average Bonchev–Trinajstić information content (AvgIpc) is 2.24. The van der Waals surface area contributed by atoms with Gasteiger partial charge in [0.2, 0.25) is 0 Å². The van der Waals surface area contributed by atoms with Crippen LogP contribution < -0.4 is 5.32 Å². The molecule has 3 heteroatoms. The van der Waals surface area contributed by atoms with Crippen LogP contribution in [0.5, 0.6) is 0 Å². The Kier molecular flexibility index (Phi) is 6.03. The summed E-state index contributed by atoms with van der Waals surface area (Å²) in [5.41, 5.74) is 1.29. The van der Waals surface area contributed by atoms with Crippen molar-refractivity contribution in [2.24, 2.45) is 0 Å². The van der Waals surface area contributed by atoms with Crippen LogP contribution in [0.15, 0.2) is 28.7 Å². The molecule has 1 aromatic rings. The highest BCUT2D eigenvalue weighted by Crippen LogP contribution is 2.17. The topological polar surface area (TPSA) is 21.3 Å². The molecule has 0 spiro atoms. The van der Waals surface area contributed by atoms with Crippen molar-refractivity contribution >= 4 is 15.9 Å². The lowest BCUT2D eigenvalue weighted by Crippen LogP contribution is -2.24. The summed E-state index contributed by atoms with van der Waals surface area (Å²) in [4.78, 5) is 0. The van der Waals surface area contributed by atoms with Crippen LogP contribution in [-0.4, -0.2) is 19.3 Å². The summed E-state index contributed by atoms with van der Waals surface area (Å²) in [7, 11) is 0. The molecular formula is C13H20BrNO. The van der Waals surface area contributed by atoms with E-state index in [-0.39, 0.29) is 0 Å². The van der Waals surface area contributed by atoms with E-state index in [1.165, 1.54) is 5.56 Å². The van der Waals surface area contributed by atoms with Crippen LogP contribution >= 0.6 is 15.9 Å². The minimum absolute atomic E-state index is 0.308. The smallest absolute Gasteiger partial charge is 0.0594 e. The summed E-state index contributed by atoms with van der Waals surface area (Å²) in [5, 5.41) is 3.44. The molecule has 0 saturated heterocycles. The molecule has 0 unspecified atom stereocenters. The molecule has 0 aliphatic carbocycles. The highest BCUT2D eigenvalue weighted by Gasteiger charge is 2.04. The highest BCUT2D eigenvalue weighted by atomic mass is 79.9. The molecular weight excluding hydrogens is 266 g/mol. The van der Waals surface area contributed by atoms with Gasteiger partial charge in [-0.3, -0.25) is 0 Å². The Hall–Kier alpha value is -0.380. The van der Waals surface area contributed by atoms with Gasteiger partial charge in [-0.25, -0.2) is 0 Å². The zero-order chi connectivity index (χ0) is 12.0. The van der Waals surface area contributed by atoms with Crippen LogP contribution in [-0.2, 0) is 4.74 Å². The van der Waals surface area contributed by atoms with E-state index < -0.39 is 0 Å². The average molecular weight is 286 g/mol. The fourth-order valence-corrected chi connectivity index (χ4v) is 1.88. The maximum atomic E-state index is 5.48. The number of halogens is 1. The summed E-state index contributed by atoms with van der Waals surface area (Å²) in [6.45, 7) is 7.91. The van der Waals surface area contributed by atoms with E-state index in [4.69, 9.17) is 4.74 Å². The molecule has 1 rings (SSSR count). The zero-order valence-corrected chi connectivity index (χ0v) is 11.8. The maximum absolute atomic E-state index is 5.48. The van der Waals surface area contributed by atoms with Crippen molar-refractivity contribution in [3.05, 3.63) is 34.3 Å². The first-order chi connectivity index (χ1) is 7.59. The largest absolute Gasteiger partial charge is 0.377 e. The second-order valence-electron chi connectivity index (χ2n) is 4.15. The van der Waals surface area contributed by atoms with Gasteiger partial charge in [-0.15, -0.1) is 0 Å². The Balaban J connectivity index is 2.32. The van der Waals surface area contributed by atoms with Gasteiger partial charge in [-0.2, -0.15) is 0 Å². The SMILES string of the molecule is CC(C)OCCN[C@H](C)c1cccc(Br)c1. The predicted molar refractivity (Wildman–Crippen MR) is 71.6 cm³/mol. The molecule has 0 aliphatic rings. The van der Waals surface area contributed by atoms with Crippen molar-refractivity contribution in [3.63, 3.8) is 0 Å². The molecule has 0 bridgehead atoms. The molecule has 2 nitrogen and oxygen atoms in total. The van der Waals surface area contributed by atoms with Crippen molar-refractivity contribution < 1.29 is 4.74 Å². The molecule has 90 valence electrons. The zero-order valence-electron chi connectivity index (χ0n) is 10.2. The number of benzene rings is 1. The van der Waals surface area contributed by atoms with Gasteiger partial charge in [0.25, 0.3) is 0 Å². The van der Waals surface area contributed by atoms with E-state index in [0.29, 0.717) is 12.1 Å². The third kappa shape index (κ3) is 5.10. The molecule has 16 heavy (non-hydrogen) atoms. The van der Waals surface area contributed by atoms with Crippen LogP contribution in [0.4, 0.5) is 0 Å². The highest BCUT2D eigenvalue weighted by molar-refractivity contribution is 9.10. The van der Waals surface area contributed by atoms with Crippen LogP contribution in [0, 0.1) is 0 Å². The number of hydrogen-bond acceptors (Lipinski definition) is 2. The minimum Gasteiger partial charge on any atom is -0.377 e. The Morgan fingerprint density at radius 1 is 1.31 bits per heavy atom. The summed E-state index contributed by atoms with van der Waals surface area (Å²) >= 11 is 3.48. The summed E-state index contributed by atoms with van der Waals surface area (Å²) < 4.78 is 6.60. The molecule has 0 aliphatic heterocycles. The number of ether oxygens (including phenoxy) is 1. The number of rotatable bonds is 6. The third-order valence-electron chi connectivity index (χ3n) is 2.35. The number of nitrogens with one attached hydrogen (secondary N) is 1. The molecule has 1 aromatic carbocycles. The Morgan fingerprint density at radius 2 is 2.06 bits per heavy atom. The van der Waals surface area contributed by atoms with Crippen LogP contribution in [0.2, 0.25) is 0 Å². The van der Waals surface area contributed by atoms with Crippen molar-refractivity contribution in [1.82, 2.24) is 5.32 Å². The van der Waals surface area contributed by atoms with Crippen molar-refractivity contribution in [1.29, 1.82) is 0 Å². The quantitative estimate of drug-likeness (QED) is 0.808. The van der Waals surface area contributed by atoms with Crippen molar-refractivity contribution in [3.8, 4) is 0 Å². The van der Waals surface area contributed by atoms with E-state index in [0.717, 1.165) is 17.6 Å². The lowest BCUT2D eigenvalue weighted by atomic mass is 10.1. The lowest BCUT2D eigenvalue weighted by molar-refractivity contribution is 0.0796. The fraction of sp³-hybridized carbons (Fsp3) is 0.538. The Labute approximate surface area is 107 Å².